The zero-order valence-electron chi connectivity index (χ0n) is 8.95. The lowest BCUT2D eigenvalue weighted by molar-refractivity contribution is 0.266. The van der Waals surface area contributed by atoms with Crippen LogP contribution in [0.3, 0.4) is 0 Å². The van der Waals surface area contributed by atoms with Gasteiger partial charge < -0.3 is 10.0 Å². The molecule has 0 bridgehead atoms. The van der Waals surface area contributed by atoms with Gasteiger partial charge in [-0.3, -0.25) is 0 Å². The maximum absolute atomic E-state index is 9.33. The Kier molecular flexibility index (Phi) is 2.25. The van der Waals surface area contributed by atoms with Crippen LogP contribution in [-0.4, -0.2) is 38.9 Å². The molecule has 0 amide bonds. The summed E-state index contributed by atoms with van der Waals surface area (Å²) in [4.78, 5) is 6.59. The first-order valence-corrected chi connectivity index (χ1v) is 5.56. The Bertz CT molecular complexity index is 495. The number of fused-ring (bicyclic) bond motifs is 1. The van der Waals surface area contributed by atoms with Crippen LogP contribution in [0.2, 0.25) is 0 Å². The van der Waals surface area contributed by atoms with Crippen LogP contribution in [0, 0.1) is 0 Å². The zero-order chi connectivity index (χ0) is 11.0. The normalized spacial score (nSPS) is 20.8. The van der Waals surface area contributed by atoms with Gasteiger partial charge in [0.15, 0.2) is 5.82 Å². The van der Waals surface area contributed by atoms with E-state index in [1.165, 1.54) is 0 Å². The highest BCUT2D eigenvalue weighted by Gasteiger charge is 2.26. The van der Waals surface area contributed by atoms with E-state index in [0.717, 1.165) is 30.7 Å². The molecule has 1 fully saturated rings. The number of aliphatic hydroxyl groups excluding tert-OH is 1. The smallest absolute Gasteiger partial charge is 0.155 e. The SMILES string of the molecule is OCC1CCCN1c1nccn2nccc12. The van der Waals surface area contributed by atoms with Gasteiger partial charge in [0.1, 0.15) is 5.52 Å². The van der Waals surface area contributed by atoms with Crippen molar-refractivity contribution in [3.63, 3.8) is 0 Å². The fourth-order valence-electron chi connectivity index (χ4n) is 2.37. The molecular formula is C11H14N4O. The highest BCUT2D eigenvalue weighted by Crippen LogP contribution is 2.26. The van der Waals surface area contributed by atoms with Crippen LogP contribution in [0.25, 0.3) is 5.52 Å². The van der Waals surface area contributed by atoms with Gasteiger partial charge in [-0.15, -0.1) is 0 Å². The third-order valence-electron chi connectivity index (χ3n) is 3.16. The van der Waals surface area contributed by atoms with E-state index in [-0.39, 0.29) is 12.6 Å². The number of rotatable bonds is 2. The third-order valence-corrected chi connectivity index (χ3v) is 3.16. The molecule has 3 heterocycles. The Labute approximate surface area is 93.3 Å². The van der Waals surface area contributed by atoms with E-state index >= 15 is 0 Å². The van der Waals surface area contributed by atoms with E-state index in [2.05, 4.69) is 15.0 Å². The van der Waals surface area contributed by atoms with E-state index < -0.39 is 0 Å². The summed E-state index contributed by atoms with van der Waals surface area (Å²) in [5, 5.41) is 13.5. The van der Waals surface area contributed by atoms with E-state index in [1.54, 1.807) is 12.4 Å². The average molecular weight is 218 g/mol. The number of hydrogen-bond donors (Lipinski definition) is 1. The van der Waals surface area contributed by atoms with Crippen LogP contribution >= 0.6 is 0 Å². The van der Waals surface area contributed by atoms with Crippen LogP contribution in [-0.2, 0) is 0 Å². The average Bonchev–Trinajstić information content (AvgIpc) is 2.96. The number of aromatic nitrogens is 3. The highest BCUT2D eigenvalue weighted by atomic mass is 16.3. The standard InChI is InChI=1S/C11H14N4O/c16-8-9-2-1-6-14(9)11-10-3-4-13-15(10)7-5-12-11/h3-5,7,9,16H,1-2,6,8H2. The van der Waals surface area contributed by atoms with E-state index in [4.69, 9.17) is 0 Å². The lowest BCUT2D eigenvalue weighted by atomic mass is 10.2. The summed E-state index contributed by atoms with van der Waals surface area (Å²) in [6.07, 6.45) is 7.50. The molecule has 0 spiro atoms. The predicted molar refractivity (Wildman–Crippen MR) is 60.4 cm³/mol. The third kappa shape index (κ3) is 1.36. The molecule has 1 atom stereocenters. The lowest BCUT2D eigenvalue weighted by Gasteiger charge is -2.24. The Hall–Kier alpha value is -1.62. The van der Waals surface area contributed by atoms with Gasteiger partial charge in [0.05, 0.1) is 18.8 Å². The van der Waals surface area contributed by atoms with E-state index in [0.29, 0.717) is 0 Å². The lowest BCUT2D eigenvalue weighted by Crippen LogP contribution is -2.33. The molecule has 1 aliphatic heterocycles. The van der Waals surface area contributed by atoms with Gasteiger partial charge in [-0.1, -0.05) is 0 Å². The second-order valence-electron chi connectivity index (χ2n) is 4.08. The summed E-state index contributed by atoms with van der Waals surface area (Å²) < 4.78 is 1.81. The molecule has 1 saturated heterocycles. The quantitative estimate of drug-likeness (QED) is 0.805. The number of hydrogen-bond acceptors (Lipinski definition) is 4. The van der Waals surface area contributed by atoms with Gasteiger partial charge in [-0.2, -0.15) is 5.10 Å². The van der Waals surface area contributed by atoms with Gasteiger partial charge in [-0.25, -0.2) is 9.50 Å². The fourth-order valence-corrected chi connectivity index (χ4v) is 2.37. The number of anilines is 1. The first-order valence-electron chi connectivity index (χ1n) is 5.56. The first-order chi connectivity index (χ1) is 7.90. The van der Waals surface area contributed by atoms with Crippen LogP contribution < -0.4 is 4.90 Å². The van der Waals surface area contributed by atoms with Crippen molar-refractivity contribution in [2.24, 2.45) is 0 Å². The topological polar surface area (TPSA) is 53.7 Å². The van der Waals surface area contributed by atoms with Crippen molar-refractivity contribution in [2.45, 2.75) is 18.9 Å². The molecule has 0 saturated carbocycles. The number of nitrogens with zero attached hydrogens (tertiary/aromatic N) is 4. The van der Waals surface area contributed by atoms with E-state index in [1.807, 2.05) is 16.8 Å². The van der Waals surface area contributed by atoms with E-state index in [9.17, 15) is 5.11 Å². The van der Waals surface area contributed by atoms with Gasteiger partial charge in [-0.05, 0) is 18.9 Å². The van der Waals surface area contributed by atoms with Crippen LogP contribution in [0.1, 0.15) is 12.8 Å². The summed E-state index contributed by atoms with van der Waals surface area (Å²) in [7, 11) is 0. The minimum absolute atomic E-state index is 0.191. The molecule has 5 nitrogen and oxygen atoms in total. The molecule has 16 heavy (non-hydrogen) atoms. The summed E-state index contributed by atoms with van der Waals surface area (Å²) in [6, 6.07) is 2.16. The second kappa shape index (κ2) is 3.75. The maximum Gasteiger partial charge on any atom is 0.155 e. The van der Waals surface area contributed by atoms with Crippen LogP contribution in [0.4, 0.5) is 5.82 Å². The summed E-state index contributed by atoms with van der Waals surface area (Å²) in [5.74, 6) is 0.927. The second-order valence-corrected chi connectivity index (χ2v) is 4.08. The fraction of sp³-hybridized carbons (Fsp3) is 0.455. The van der Waals surface area contributed by atoms with Crippen molar-refractivity contribution < 1.29 is 5.11 Å². The monoisotopic (exact) mass is 218 g/mol. The summed E-state index contributed by atoms with van der Waals surface area (Å²) in [6.45, 7) is 1.15. The predicted octanol–water partition coefficient (Wildman–Crippen LogP) is 0.690. The zero-order valence-corrected chi connectivity index (χ0v) is 8.95. The molecule has 0 aromatic carbocycles. The Morgan fingerprint density at radius 1 is 1.44 bits per heavy atom. The van der Waals surface area contributed by atoms with Gasteiger partial charge >= 0.3 is 0 Å². The molecule has 0 aliphatic carbocycles. The largest absolute Gasteiger partial charge is 0.394 e. The Morgan fingerprint density at radius 3 is 3.25 bits per heavy atom. The van der Waals surface area contributed by atoms with Crippen molar-refractivity contribution in [1.82, 2.24) is 14.6 Å². The maximum atomic E-state index is 9.33. The van der Waals surface area contributed by atoms with Crippen molar-refractivity contribution >= 4 is 11.3 Å². The molecule has 5 heteroatoms. The Morgan fingerprint density at radius 2 is 2.38 bits per heavy atom. The molecule has 2 aromatic rings. The van der Waals surface area contributed by atoms with Crippen molar-refractivity contribution in [1.29, 1.82) is 0 Å². The first kappa shape index (κ1) is 9.59. The molecule has 1 unspecified atom stereocenters. The molecular weight excluding hydrogens is 204 g/mol. The van der Waals surface area contributed by atoms with Crippen molar-refractivity contribution in [3.8, 4) is 0 Å². The minimum Gasteiger partial charge on any atom is -0.394 e. The van der Waals surface area contributed by atoms with Gasteiger partial charge in [0, 0.05) is 18.9 Å². The minimum atomic E-state index is 0.191. The Balaban J connectivity index is 2.07. The molecule has 2 aromatic heterocycles. The molecule has 84 valence electrons. The number of aliphatic hydroxyl groups is 1. The summed E-state index contributed by atoms with van der Waals surface area (Å²) >= 11 is 0. The molecule has 3 rings (SSSR count). The van der Waals surface area contributed by atoms with Crippen LogP contribution in [0.5, 0.6) is 0 Å². The molecule has 0 radical (unpaired) electrons. The van der Waals surface area contributed by atoms with Crippen molar-refractivity contribution in [3.05, 3.63) is 24.7 Å². The van der Waals surface area contributed by atoms with Gasteiger partial charge in [0.2, 0.25) is 0 Å². The summed E-state index contributed by atoms with van der Waals surface area (Å²) in [5.41, 5.74) is 1.00. The molecule has 1 aliphatic rings. The highest BCUT2D eigenvalue weighted by molar-refractivity contribution is 5.68. The van der Waals surface area contributed by atoms with Crippen molar-refractivity contribution in [2.75, 3.05) is 18.1 Å². The van der Waals surface area contributed by atoms with Crippen LogP contribution in [0.15, 0.2) is 24.7 Å². The molecule has 1 N–H and O–H groups in total. The van der Waals surface area contributed by atoms with Gasteiger partial charge in [0.25, 0.3) is 0 Å².